The molecule has 82 valence electrons. The maximum atomic E-state index is 10.2. The Hall–Kier alpha value is -0.240. The lowest BCUT2D eigenvalue weighted by molar-refractivity contribution is -0.0113. The van der Waals surface area contributed by atoms with Crippen LogP contribution in [0.4, 0.5) is 4.53 Å². The third kappa shape index (κ3) is 14.6. The standard InChI is InChI=1S/C6H15N.FHO4S/c1-4-7(5-2)6-3;1-5-6(2,3)4/h4-6H2,1-3H3;(H,2,3,4). The number of hydrogen-bond donors (Lipinski definition) is 1. The Morgan fingerprint density at radius 2 is 1.46 bits per heavy atom. The molecule has 0 aliphatic heterocycles. The molecule has 5 nitrogen and oxygen atoms in total. The SMILES string of the molecule is CCN(CC)CC.O=S(=O)(O)OF. The number of hydrogen-bond acceptors (Lipinski definition) is 4. The largest absolute Gasteiger partial charge is 0.428 e. The molecule has 0 saturated heterocycles. The normalized spacial score (nSPS) is 10.9. The van der Waals surface area contributed by atoms with Gasteiger partial charge in [-0.15, -0.1) is 0 Å². The maximum Gasteiger partial charge on any atom is 0.428 e. The summed E-state index contributed by atoms with van der Waals surface area (Å²) in [4.78, 5) is 2.38. The fourth-order valence-electron chi connectivity index (χ4n) is 0.671. The molecule has 0 rings (SSSR count). The molecule has 0 radical (unpaired) electrons. The van der Waals surface area contributed by atoms with E-state index in [1.54, 1.807) is 0 Å². The van der Waals surface area contributed by atoms with Crippen LogP contribution in [0.25, 0.3) is 0 Å². The lowest BCUT2D eigenvalue weighted by Gasteiger charge is -2.13. The predicted molar refractivity (Wildman–Crippen MR) is 47.2 cm³/mol. The molecule has 0 aromatic heterocycles. The quantitative estimate of drug-likeness (QED) is 0.713. The summed E-state index contributed by atoms with van der Waals surface area (Å²) in [6.45, 7) is 10.1. The molecule has 0 bridgehead atoms. The zero-order valence-electron chi connectivity index (χ0n) is 8.03. The predicted octanol–water partition coefficient (Wildman–Crippen LogP) is 1.04. The highest BCUT2D eigenvalue weighted by Gasteiger charge is 1.99. The van der Waals surface area contributed by atoms with E-state index >= 15 is 0 Å². The molecule has 0 saturated carbocycles. The van der Waals surface area contributed by atoms with Crippen molar-refractivity contribution in [3.63, 3.8) is 0 Å². The van der Waals surface area contributed by atoms with E-state index in [0.717, 1.165) is 0 Å². The Morgan fingerprint density at radius 1 is 1.23 bits per heavy atom. The van der Waals surface area contributed by atoms with Gasteiger partial charge in [-0.25, -0.2) is 0 Å². The van der Waals surface area contributed by atoms with Gasteiger partial charge < -0.3 is 4.90 Å². The summed E-state index contributed by atoms with van der Waals surface area (Å²) < 4.78 is 37.2. The first-order chi connectivity index (χ1) is 5.91. The molecule has 0 unspecified atom stereocenters. The van der Waals surface area contributed by atoms with Crippen LogP contribution < -0.4 is 0 Å². The summed E-state index contributed by atoms with van der Waals surface area (Å²) in [7, 11) is -4.83. The fourth-order valence-corrected chi connectivity index (χ4v) is 0.671. The van der Waals surface area contributed by atoms with E-state index in [-0.39, 0.29) is 0 Å². The van der Waals surface area contributed by atoms with Gasteiger partial charge in [-0.2, -0.15) is 8.42 Å². The second kappa shape index (κ2) is 8.36. The van der Waals surface area contributed by atoms with Gasteiger partial charge in [0.2, 0.25) is 0 Å². The van der Waals surface area contributed by atoms with E-state index in [9.17, 15) is 4.53 Å². The second-order valence-electron chi connectivity index (χ2n) is 2.11. The highest BCUT2D eigenvalue weighted by Crippen LogP contribution is 1.82. The van der Waals surface area contributed by atoms with E-state index in [1.165, 1.54) is 19.6 Å². The van der Waals surface area contributed by atoms with Gasteiger partial charge in [0.25, 0.3) is 0 Å². The van der Waals surface area contributed by atoms with Crippen molar-refractivity contribution in [2.24, 2.45) is 0 Å². The summed E-state index contributed by atoms with van der Waals surface area (Å²) >= 11 is 0. The van der Waals surface area contributed by atoms with Crippen molar-refractivity contribution in [2.45, 2.75) is 20.8 Å². The van der Waals surface area contributed by atoms with Crippen molar-refractivity contribution in [3.05, 3.63) is 0 Å². The molecule has 13 heavy (non-hydrogen) atoms. The fraction of sp³-hybridized carbons (Fsp3) is 1.00. The van der Waals surface area contributed by atoms with Gasteiger partial charge in [0.05, 0.1) is 0 Å². The third-order valence-electron chi connectivity index (χ3n) is 1.42. The van der Waals surface area contributed by atoms with Crippen molar-refractivity contribution < 1.29 is 21.9 Å². The van der Waals surface area contributed by atoms with Gasteiger partial charge in [-0.05, 0) is 28.5 Å². The van der Waals surface area contributed by atoms with Crippen LogP contribution in [0.3, 0.4) is 0 Å². The topological polar surface area (TPSA) is 66.8 Å². The molecular weight excluding hydrogens is 201 g/mol. The number of rotatable bonds is 4. The maximum absolute atomic E-state index is 10.2. The van der Waals surface area contributed by atoms with Crippen LogP contribution >= 0.6 is 0 Å². The molecule has 0 spiro atoms. The van der Waals surface area contributed by atoms with Crippen LogP contribution in [0, 0.1) is 0 Å². The van der Waals surface area contributed by atoms with E-state index in [4.69, 9.17) is 13.0 Å². The Kier molecular flexibility index (Phi) is 9.80. The molecule has 0 aliphatic rings. The second-order valence-corrected chi connectivity index (χ2v) is 3.09. The summed E-state index contributed by atoms with van der Waals surface area (Å²) in [5.74, 6) is 0. The van der Waals surface area contributed by atoms with Crippen molar-refractivity contribution in [1.82, 2.24) is 4.90 Å². The summed E-state index contributed by atoms with van der Waals surface area (Å²) in [5.41, 5.74) is 0. The van der Waals surface area contributed by atoms with Crippen LogP contribution in [0.2, 0.25) is 0 Å². The van der Waals surface area contributed by atoms with E-state index < -0.39 is 10.4 Å². The minimum atomic E-state index is -4.83. The lowest BCUT2D eigenvalue weighted by atomic mass is 10.5. The zero-order chi connectivity index (χ0) is 10.9. The Bertz CT molecular complexity index is 185. The third-order valence-corrected chi connectivity index (χ3v) is 1.58. The van der Waals surface area contributed by atoms with Gasteiger partial charge in [0.15, 0.2) is 0 Å². The highest BCUT2D eigenvalue weighted by molar-refractivity contribution is 7.80. The van der Waals surface area contributed by atoms with Crippen LogP contribution in [0.15, 0.2) is 0 Å². The van der Waals surface area contributed by atoms with Crippen LogP contribution in [-0.4, -0.2) is 37.5 Å². The van der Waals surface area contributed by atoms with Gasteiger partial charge in [-0.3, -0.25) is 4.55 Å². The molecule has 0 aromatic rings. The van der Waals surface area contributed by atoms with Crippen molar-refractivity contribution >= 4 is 10.4 Å². The van der Waals surface area contributed by atoms with Gasteiger partial charge in [0.1, 0.15) is 0 Å². The van der Waals surface area contributed by atoms with Crippen molar-refractivity contribution in [3.8, 4) is 0 Å². The van der Waals surface area contributed by atoms with E-state index in [1.807, 2.05) is 4.39 Å². The average molecular weight is 217 g/mol. The monoisotopic (exact) mass is 217 g/mol. The molecule has 0 amide bonds. The number of halogens is 1. The first-order valence-corrected chi connectivity index (χ1v) is 5.27. The lowest BCUT2D eigenvalue weighted by Crippen LogP contribution is -2.21. The molecule has 0 aromatic carbocycles. The molecule has 0 atom stereocenters. The molecule has 1 N–H and O–H groups in total. The van der Waals surface area contributed by atoms with Gasteiger partial charge in [-0.1, -0.05) is 20.8 Å². The van der Waals surface area contributed by atoms with Crippen molar-refractivity contribution in [2.75, 3.05) is 19.6 Å². The smallest absolute Gasteiger partial charge is 0.304 e. The first-order valence-electron chi connectivity index (χ1n) is 3.91. The number of nitrogens with zero attached hydrogens (tertiary/aromatic N) is 1. The van der Waals surface area contributed by atoms with Gasteiger partial charge in [0, 0.05) is 0 Å². The molecule has 7 heteroatoms. The Balaban J connectivity index is 0. The highest BCUT2D eigenvalue weighted by atomic mass is 32.3. The summed E-state index contributed by atoms with van der Waals surface area (Å²) in [6.07, 6.45) is 0. The van der Waals surface area contributed by atoms with Gasteiger partial charge >= 0.3 is 10.4 Å². The summed E-state index contributed by atoms with van der Waals surface area (Å²) in [6, 6.07) is 0. The molecular formula is C6H16FNO4S. The Morgan fingerprint density at radius 3 is 1.46 bits per heavy atom. The zero-order valence-corrected chi connectivity index (χ0v) is 8.84. The Labute approximate surface area is 78.3 Å². The first kappa shape index (κ1) is 15.2. The minimum Gasteiger partial charge on any atom is -0.304 e. The average Bonchev–Trinajstić information content (AvgIpc) is 2.07. The minimum absolute atomic E-state index is 1.19. The molecule has 0 aliphatic carbocycles. The van der Waals surface area contributed by atoms with Crippen LogP contribution in [-0.2, 0) is 14.8 Å². The van der Waals surface area contributed by atoms with E-state index in [0.29, 0.717) is 0 Å². The van der Waals surface area contributed by atoms with Crippen LogP contribution in [0.1, 0.15) is 20.8 Å². The molecule has 0 heterocycles. The van der Waals surface area contributed by atoms with Crippen LogP contribution in [0.5, 0.6) is 0 Å². The van der Waals surface area contributed by atoms with Crippen molar-refractivity contribution in [1.29, 1.82) is 0 Å². The summed E-state index contributed by atoms with van der Waals surface area (Å²) in [5, 5.41) is 0. The molecule has 0 fully saturated rings. The van der Waals surface area contributed by atoms with E-state index in [2.05, 4.69) is 25.7 Å².